The molecule has 2 amide bonds. The van der Waals surface area contributed by atoms with E-state index in [1.165, 1.54) is 11.1 Å². The molecular formula is C26H32Cl2N2O2S. The second kappa shape index (κ2) is 12.7. The van der Waals surface area contributed by atoms with Crippen molar-refractivity contribution in [3.05, 3.63) is 69.2 Å². The van der Waals surface area contributed by atoms with Crippen LogP contribution in [0.1, 0.15) is 55.7 Å². The molecule has 4 nitrogen and oxygen atoms in total. The SMILES string of the molecule is CC[C@@H](C(=O)NC1CCCC1)N(Cc1c(Cl)cccc1Cl)C(=O)CSCc1ccccc1C. The Morgan fingerprint density at radius 3 is 2.39 bits per heavy atom. The van der Waals surface area contributed by atoms with Gasteiger partial charge in [-0.2, -0.15) is 0 Å². The van der Waals surface area contributed by atoms with Gasteiger partial charge in [0.05, 0.1) is 5.75 Å². The van der Waals surface area contributed by atoms with E-state index in [4.69, 9.17) is 23.2 Å². The zero-order chi connectivity index (χ0) is 23.8. The molecule has 2 aromatic rings. The lowest BCUT2D eigenvalue weighted by Crippen LogP contribution is -2.51. The maximum Gasteiger partial charge on any atom is 0.243 e. The van der Waals surface area contributed by atoms with Crippen molar-refractivity contribution in [3.8, 4) is 0 Å². The van der Waals surface area contributed by atoms with Crippen LogP contribution in [0.25, 0.3) is 0 Å². The number of hydrogen-bond donors (Lipinski definition) is 1. The van der Waals surface area contributed by atoms with E-state index in [2.05, 4.69) is 24.4 Å². The monoisotopic (exact) mass is 506 g/mol. The molecule has 0 radical (unpaired) electrons. The molecule has 1 saturated carbocycles. The highest BCUT2D eigenvalue weighted by molar-refractivity contribution is 7.99. The molecule has 1 atom stereocenters. The molecule has 2 aromatic carbocycles. The third-order valence-corrected chi connectivity index (χ3v) is 7.90. The highest BCUT2D eigenvalue weighted by Gasteiger charge is 2.31. The first-order valence-electron chi connectivity index (χ1n) is 11.6. The number of carbonyl (C=O) groups excluding carboxylic acids is 2. The van der Waals surface area contributed by atoms with Crippen molar-refractivity contribution in [2.75, 3.05) is 5.75 Å². The van der Waals surface area contributed by atoms with Crippen LogP contribution in [0.2, 0.25) is 10.0 Å². The Balaban J connectivity index is 1.76. The van der Waals surface area contributed by atoms with E-state index in [1.807, 2.05) is 19.1 Å². The van der Waals surface area contributed by atoms with Crippen LogP contribution in [0.4, 0.5) is 0 Å². The Kier molecular flexibility index (Phi) is 9.96. The molecule has 0 saturated heterocycles. The molecule has 7 heteroatoms. The molecule has 1 aliphatic carbocycles. The van der Waals surface area contributed by atoms with E-state index in [-0.39, 0.29) is 30.2 Å². The molecule has 178 valence electrons. The van der Waals surface area contributed by atoms with E-state index in [0.29, 0.717) is 22.0 Å². The van der Waals surface area contributed by atoms with Gasteiger partial charge in [-0.15, -0.1) is 11.8 Å². The van der Waals surface area contributed by atoms with Crippen molar-refractivity contribution in [2.45, 2.75) is 70.3 Å². The smallest absolute Gasteiger partial charge is 0.243 e. The van der Waals surface area contributed by atoms with Crippen molar-refractivity contribution >= 4 is 46.8 Å². The molecule has 1 fully saturated rings. The van der Waals surface area contributed by atoms with Gasteiger partial charge in [0.15, 0.2) is 0 Å². The maximum atomic E-state index is 13.4. The lowest BCUT2D eigenvalue weighted by Gasteiger charge is -2.32. The van der Waals surface area contributed by atoms with Crippen LogP contribution in [0.3, 0.4) is 0 Å². The Labute approximate surface area is 211 Å². The Morgan fingerprint density at radius 2 is 1.76 bits per heavy atom. The van der Waals surface area contributed by atoms with Gasteiger partial charge in [0.25, 0.3) is 0 Å². The molecule has 0 aliphatic heterocycles. The second-order valence-electron chi connectivity index (χ2n) is 8.56. The summed E-state index contributed by atoms with van der Waals surface area (Å²) in [5.41, 5.74) is 3.09. The maximum absolute atomic E-state index is 13.4. The molecule has 3 rings (SSSR count). The predicted octanol–water partition coefficient (Wildman–Crippen LogP) is 6.40. The topological polar surface area (TPSA) is 49.4 Å². The summed E-state index contributed by atoms with van der Waals surface area (Å²) in [6, 6.07) is 13.1. The lowest BCUT2D eigenvalue weighted by molar-refractivity contribution is -0.139. The minimum absolute atomic E-state index is 0.0852. The van der Waals surface area contributed by atoms with Crippen molar-refractivity contribution < 1.29 is 9.59 Å². The number of nitrogens with zero attached hydrogens (tertiary/aromatic N) is 1. The minimum atomic E-state index is -0.565. The van der Waals surface area contributed by atoms with Gasteiger partial charge in [0, 0.05) is 33.9 Å². The van der Waals surface area contributed by atoms with Gasteiger partial charge < -0.3 is 10.2 Å². The van der Waals surface area contributed by atoms with Crippen LogP contribution >= 0.6 is 35.0 Å². The van der Waals surface area contributed by atoms with Gasteiger partial charge in [0.2, 0.25) is 11.8 Å². The largest absolute Gasteiger partial charge is 0.352 e. The molecule has 0 bridgehead atoms. The first-order chi connectivity index (χ1) is 15.9. The summed E-state index contributed by atoms with van der Waals surface area (Å²) in [5.74, 6) is 0.844. The minimum Gasteiger partial charge on any atom is -0.352 e. The number of thioether (sulfide) groups is 1. The third-order valence-electron chi connectivity index (χ3n) is 6.22. The quantitative estimate of drug-likeness (QED) is 0.405. The first kappa shape index (κ1) is 25.9. The second-order valence-corrected chi connectivity index (χ2v) is 10.4. The number of rotatable bonds is 10. The molecule has 0 spiro atoms. The third kappa shape index (κ3) is 7.14. The number of nitrogens with one attached hydrogen (secondary N) is 1. The van der Waals surface area contributed by atoms with Crippen LogP contribution in [0.15, 0.2) is 42.5 Å². The predicted molar refractivity (Wildman–Crippen MR) is 139 cm³/mol. The molecule has 0 unspecified atom stereocenters. The lowest BCUT2D eigenvalue weighted by atomic mass is 10.1. The summed E-state index contributed by atoms with van der Waals surface area (Å²) < 4.78 is 0. The van der Waals surface area contributed by atoms with Crippen LogP contribution in [0, 0.1) is 6.92 Å². The fourth-order valence-corrected chi connectivity index (χ4v) is 5.75. The van der Waals surface area contributed by atoms with Crippen molar-refractivity contribution in [2.24, 2.45) is 0 Å². The summed E-state index contributed by atoms with van der Waals surface area (Å²) in [6.07, 6.45) is 4.79. The molecule has 0 heterocycles. The highest BCUT2D eigenvalue weighted by atomic mass is 35.5. The van der Waals surface area contributed by atoms with Gasteiger partial charge in [-0.25, -0.2) is 0 Å². The zero-order valence-electron chi connectivity index (χ0n) is 19.3. The molecule has 1 aliphatic rings. The van der Waals surface area contributed by atoms with Gasteiger partial charge in [-0.1, -0.05) is 73.3 Å². The Morgan fingerprint density at radius 1 is 1.09 bits per heavy atom. The van der Waals surface area contributed by atoms with Gasteiger partial charge >= 0.3 is 0 Å². The molecular weight excluding hydrogens is 475 g/mol. The summed E-state index contributed by atoms with van der Waals surface area (Å²) in [7, 11) is 0. The zero-order valence-corrected chi connectivity index (χ0v) is 21.6. The van der Waals surface area contributed by atoms with E-state index >= 15 is 0 Å². The average molecular weight is 508 g/mol. The van der Waals surface area contributed by atoms with E-state index in [9.17, 15) is 9.59 Å². The van der Waals surface area contributed by atoms with E-state index in [0.717, 1.165) is 31.4 Å². The molecule has 1 N–H and O–H groups in total. The van der Waals surface area contributed by atoms with Crippen LogP contribution in [-0.4, -0.2) is 34.6 Å². The van der Waals surface area contributed by atoms with Crippen LogP contribution in [-0.2, 0) is 21.9 Å². The van der Waals surface area contributed by atoms with E-state index in [1.54, 1.807) is 34.9 Å². The highest BCUT2D eigenvalue weighted by Crippen LogP contribution is 2.28. The Bertz CT molecular complexity index is 943. The van der Waals surface area contributed by atoms with Crippen LogP contribution < -0.4 is 5.32 Å². The van der Waals surface area contributed by atoms with Crippen molar-refractivity contribution in [1.82, 2.24) is 10.2 Å². The standard InChI is InChI=1S/C26H32Cl2N2O2S/c1-3-24(26(32)29-20-11-6-7-12-20)30(15-21-22(27)13-8-14-23(21)28)25(31)17-33-16-19-10-5-4-9-18(19)2/h4-5,8-10,13-14,20,24H,3,6-7,11-12,15-17H2,1-2H3,(H,29,32)/t24-/m0/s1. The summed E-state index contributed by atoms with van der Waals surface area (Å²) in [5, 5.41) is 4.16. The van der Waals surface area contributed by atoms with Gasteiger partial charge in [-0.05, 0) is 49.4 Å². The van der Waals surface area contributed by atoms with Gasteiger partial charge in [-0.3, -0.25) is 9.59 Å². The van der Waals surface area contributed by atoms with Gasteiger partial charge in [0.1, 0.15) is 6.04 Å². The fraction of sp³-hybridized carbons (Fsp3) is 0.462. The number of benzene rings is 2. The van der Waals surface area contributed by atoms with E-state index < -0.39 is 6.04 Å². The first-order valence-corrected chi connectivity index (χ1v) is 13.5. The van der Waals surface area contributed by atoms with Crippen molar-refractivity contribution in [3.63, 3.8) is 0 Å². The van der Waals surface area contributed by atoms with Crippen molar-refractivity contribution in [1.29, 1.82) is 0 Å². The van der Waals surface area contributed by atoms with Crippen LogP contribution in [0.5, 0.6) is 0 Å². The normalized spacial score (nSPS) is 14.8. The molecule has 0 aromatic heterocycles. The molecule has 33 heavy (non-hydrogen) atoms. The average Bonchev–Trinajstić information content (AvgIpc) is 3.29. The number of carbonyl (C=O) groups is 2. The number of hydrogen-bond acceptors (Lipinski definition) is 3. The number of halogens is 2. The summed E-state index contributed by atoms with van der Waals surface area (Å²) in [6.45, 7) is 4.22. The summed E-state index contributed by atoms with van der Waals surface area (Å²) >= 11 is 14.4. The number of aryl methyl sites for hydroxylation is 1. The fourth-order valence-electron chi connectivity index (χ4n) is 4.24. The number of amides is 2. The summed E-state index contributed by atoms with van der Waals surface area (Å²) in [4.78, 5) is 28.3. The Hall–Kier alpha value is -1.69.